The van der Waals surface area contributed by atoms with Gasteiger partial charge in [0.05, 0.1) is 30.8 Å². The van der Waals surface area contributed by atoms with Crippen LogP contribution in [0.2, 0.25) is 0 Å². The van der Waals surface area contributed by atoms with E-state index in [0.717, 1.165) is 29.3 Å². The van der Waals surface area contributed by atoms with Gasteiger partial charge in [-0.2, -0.15) is 5.10 Å². The highest BCUT2D eigenvalue weighted by Gasteiger charge is 2.44. The van der Waals surface area contributed by atoms with E-state index in [1.54, 1.807) is 34.8 Å². The first-order valence-electron chi connectivity index (χ1n) is 16.0. The van der Waals surface area contributed by atoms with Crippen LogP contribution >= 0.6 is 0 Å². The van der Waals surface area contributed by atoms with Crippen molar-refractivity contribution in [2.45, 2.75) is 52.0 Å². The molecule has 3 amide bonds. The third-order valence-electron chi connectivity index (χ3n) is 8.56. The summed E-state index contributed by atoms with van der Waals surface area (Å²) in [5.74, 6) is 0.108. The Morgan fingerprint density at radius 2 is 1.91 bits per heavy atom. The minimum absolute atomic E-state index is 0.0239. The number of nitrogens with zero attached hydrogens (tertiary/aromatic N) is 3. The molecule has 46 heavy (non-hydrogen) atoms. The van der Waals surface area contributed by atoms with Crippen LogP contribution in [0.1, 0.15) is 44.6 Å². The second-order valence-corrected chi connectivity index (χ2v) is 12.1. The molecule has 12 nitrogen and oxygen atoms in total. The van der Waals surface area contributed by atoms with Crippen molar-refractivity contribution in [2.24, 2.45) is 11.3 Å². The molecular formula is C34H43N5O7. The molecule has 1 aliphatic carbocycles. The first-order chi connectivity index (χ1) is 22.3. The van der Waals surface area contributed by atoms with Crippen LogP contribution in [0.4, 0.5) is 0 Å². The summed E-state index contributed by atoms with van der Waals surface area (Å²) in [4.78, 5) is 54.6. The number of rotatable bonds is 7. The van der Waals surface area contributed by atoms with Crippen LogP contribution in [-0.4, -0.2) is 84.9 Å². The molecule has 5 rings (SSSR count). The molecule has 1 saturated carbocycles. The van der Waals surface area contributed by atoms with Crippen molar-refractivity contribution in [3.05, 3.63) is 54.2 Å². The van der Waals surface area contributed by atoms with Crippen LogP contribution in [0.15, 0.2) is 48.7 Å². The lowest BCUT2D eigenvalue weighted by Gasteiger charge is -2.32. The Morgan fingerprint density at radius 3 is 2.70 bits per heavy atom. The van der Waals surface area contributed by atoms with Crippen molar-refractivity contribution >= 4 is 34.6 Å². The number of carbonyl (C=O) groups is 4. The number of carbonyl (C=O) groups excluding carboxylic acids is 4. The maximum atomic E-state index is 13.6. The lowest BCUT2D eigenvalue weighted by molar-refractivity contribution is -0.156. The van der Waals surface area contributed by atoms with Crippen molar-refractivity contribution < 1.29 is 33.4 Å². The first-order valence-corrected chi connectivity index (χ1v) is 16.0. The number of ether oxygens (including phenoxy) is 3. The zero-order valence-corrected chi connectivity index (χ0v) is 26.6. The monoisotopic (exact) mass is 633 g/mol. The number of nitrogens with one attached hydrogen (secondary N) is 2. The molecule has 0 spiro atoms. The summed E-state index contributed by atoms with van der Waals surface area (Å²) in [6, 6.07) is 13.0. The Bertz CT molecular complexity index is 1550. The molecule has 1 fully saturated rings. The molecular weight excluding hydrogens is 590 g/mol. The molecule has 0 saturated heterocycles. The number of benzene rings is 2. The summed E-state index contributed by atoms with van der Waals surface area (Å²) in [6.45, 7) is 2.66. The highest BCUT2D eigenvalue weighted by atomic mass is 16.5. The van der Waals surface area contributed by atoms with Crippen LogP contribution < -0.4 is 20.1 Å². The van der Waals surface area contributed by atoms with E-state index in [0.29, 0.717) is 43.2 Å². The fraction of sp³-hybridized carbons (Fsp3) is 0.500. The van der Waals surface area contributed by atoms with Gasteiger partial charge in [0.2, 0.25) is 11.8 Å². The quantitative estimate of drug-likeness (QED) is 0.379. The maximum absolute atomic E-state index is 13.6. The molecule has 1 atom stereocenters. The highest BCUT2D eigenvalue weighted by molar-refractivity contribution is 5.83. The van der Waals surface area contributed by atoms with Gasteiger partial charge in [-0.15, -0.1) is 0 Å². The zero-order valence-electron chi connectivity index (χ0n) is 26.6. The Labute approximate surface area is 268 Å². The Kier molecular flexibility index (Phi) is 10.8. The summed E-state index contributed by atoms with van der Waals surface area (Å²) >= 11 is 0. The number of fused-ring (bicyclic) bond motifs is 3. The molecule has 246 valence electrons. The SMILES string of the molecule is CCOC(=O)C1(CC2CC2)CNC(=O)CCCN(C(=O)Cn2ncc3ccccc32)CCNC(=O)COc2cc(ccc2OC)C1. The second kappa shape index (κ2) is 15.1. The predicted molar refractivity (Wildman–Crippen MR) is 170 cm³/mol. The van der Waals surface area contributed by atoms with E-state index in [9.17, 15) is 19.2 Å². The summed E-state index contributed by atoms with van der Waals surface area (Å²) in [6.07, 6.45) is 5.26. The Morgan fingerprint density at radius 1 is 1.09 bits per heavy atom. The van der Waals surface area contributed by atoms with Crippen LogP contribution in [0.25, 0.3) is 10.9 Å². The minimum Gasteiger partial charge on any atom is -0.493 e. The fourth-order valence-corrected chi connectivity index (χ4v) is 5.98. The molecule has 2 heterocycles. The van der Waals surface area contributed by atoms with Gasteiger partial charge in [-0.1, -0.05) is 37.1 Å². The molecule has 3 aromatic rings. The average molecular weight is 634 g/mol. The molecule has 0 radical (unpaired) electrons. The van der Waals surface area contributed by atoms with Crippen LogP contribution in [-0.2, 0) is 36.9 Å². The van der Waals surface area contributed by atoms with Crippen molar-refractivity contribution in [3.8, 4) is 11.5 Å². The van der Waals surface area contributed by atoms with Crippen LogP contribution in [0.3, 0.4) is 0 Å². The fourth-order valence-electron chi connectivity index (χ4n) is 5.98. The Balaban J connectivity index is 1.37. The molecule has 1 aromatic heterocycles. The summed E-state index contributed by atoms with van der Waals surface area (Å²) in [7, 11) is 1.52. The Hall–Kier alpha value is -4.61. The largest absolute Gasteiger partial charge is 0.493 e. The van der Waals surface area contributed by atoms with Gasteiger partial charge in [0.25, 0.3) is 5.91 Å². The van der Waals surface area contributed by atoms with E-state index in [2.05, 4.69) is 15.7 Å². The topological polar surface area (TPSA) is 141 Å². The zero-order chi connectivity index (χ0) is 32.5. The van der Waals surface area contributed by atoms with Gasteiger partial charge in [0.15, 0.2) is 18.1 Å². The summed E-state index contributed by atoms with van der Waals surface area (Å²) in [5.41, 5.74) is 0.674. The summed E-state index contributed by atoms with van der Waals surface area (Å²) in [5, 5.41) is 11.1. The number of esters is 1. The molecule has 1 aliphatic heterocycles. The van der Waals surface area contributed by atoms with Gasteiger partial charge in [-0.3, -0.25) is 23.9 Å². The highest BCUT2D eigenvalue weighted by Crippen LogP contribution is 2.43. The number of para-hydroxylation sites is 1. The normalized spacial score (nSPS) is 20.1. The lowest BCUT2D eigenvalue weighted by Crippen LogP contribution is -2.46. The number of amides is 3. The molecule has 2 aromatic carbocycles. The third-order valence-corrected chi connectivity index (χ3v) is 8.56. The van der Waals surface area contributed by atoms with Crippen LogP contribution in [0, 0.1) is 11.3 Å². The van der Waals surface area contributed by atoms with Gasteiger partial charge in [0, 0.05) is 38.0 Å². The molecule has 2 bridgehead atoms. The van der Waals surface area contributed by atoms with Crippen molar-refractivity contribution in [2.75, 3.05) is 46.5 Å². The van der Waals surface area contributed by atoms with Crippen molar-refractivity contribution in [1.82, 2.24) is 25.3 Å². The minimum atomic E-state index is -0.976. The number of methoxy groups -OCH3 is 1. The van der Waals surface area contributed by atoms with Crippen molar-refractivity contribution in [1.29, 1.82) is 0 Å². The number of hydrogen-bond donors (Lipinski definition) is 2. The van der Waals surface area contributed by atoms with Gasteiger partial charge < -0.3 is 29.7 Å². The van der Waals surface area contributed by atoms with Gasteiger partial charge >= 0.3 is 5.97 Å². The van der Waals surface area contributed by atoms with Crippen molar-refractivity contribution in [3.63, 3.8) is 0 Å². The van der Waals surface area contributed by atoms with E-state index >= 15 is 0 Å². The first kappa shape index (κ1) is 32.8. The predicted octanol–water partition coefficient (Wildman–Crippen LogP) is 2.87. The number of hydrogen-bond acceptors (Lipinski definition) is 8. The standard InChI is InChI=1S/C34H43N5O7/c1-3-45-33(43)34(18-24-10-11-24)19-25-12-13-28(44-2)29(17-25)46-22-31(41)35-14-16-38(15-6-9-30(40)36-23-34)32(42)21-39-27-8-5-4-7-26(27)20-37-39/h4-5,7-8,12-13,17,20,24H,3,6,9-11,14-16,18-19,21-23H2,1-2H3,(H,35,41)(H,36,40). The van der Waals surface area contributed by atoms with Gasteiger partial charge in [-0.25, -0.2) is 0 Å². The van der Waals surface area contributed by atoms with E-state index in [1.165, 1.54) is 7.11 Å². The lowest BCUT2D eigenvalue weighted by atomic mass is 9.76. The smallest absolute Gasteiger partial charge is 0.314 e. The van der Waals surface area contributed by atoms with E-state index in [4.69, 9.17) is 14.2 Å². The maximum Gasteiger partial charge on any atom is 0.314 e. The molecule has 12 heteroatoms. The number of aromatic nitrogens is 2. The molecule has 1 unspecified atom stereocenters. The van der Waals surface area contributed by atoms with E-state index in [1.807, 2.05) is 30.3 Å². The molecule has 2 aliphatic rings. The van der Waals surface area contributed by atoms with Crippen LogP contribution in [0.5, 0.6) is 11.5 Å². The second-order valence-electron chi connectivity index (χ2n) is 12.1. The van der Waals surface area contributed by atoms with Gasteiger partial charge in [-0.05, 0) is 55.9 Å². The van der Waals surface area contributed by atoms with E-state index in [-0.39, 0.29) is 69.5 Å². The van der Waals surface area contributed by atoms with Gasteiger partial charge in [0.1, 0.15) is 6.54 Å². The third kappa shape index (κ3) is 8.35. The molecule has 2 N–H and O–H groups in total. The summed E-state index contributed by atoms with van der Waals surface area (Å²) < 4.78 is 18.6. The van der Waals surface area contributed by atoms with E-state index < -0.39 is 5.41 Å². The average Bonchev–Trinajstić information content (AvgIpc) is 3.78.